The van der Waals surface area contributed by atoms with E-state index < -0.39 is 5.67 Å². The SMILES string of the molecule is CC(C)(F)c1cccc(OCC2CCNC2)c1. The van der Waals surface area contributed by atoms with E-state index in [-0.39, 0.29) is 0 Å². The van der Waals surface area contributed by atoms with Crippen molar-refractivity contribution in [2.24, 2.45) is 5.92 Å². The summed E-state index contributed by atoms with van der Waals surface area (Å²) in [6.07, 6.45) is 1.16. The molecule has 1 aliphatic heterocycles. The number of benzene rings is 1. The van der Waals surface area contributed by atoms with Crippen molar-refractivity contribution < 1.29 is 9.13 Å². The first-order valence-corrected chi connectivity index (χ1v) is 6.19. The summed E-state index contributed by atoms with van der Waals surface area (Å²) in [6.45, 7) is 5.93. The van der Waals surface area contributed by atoms with Gasteiger partial charge in [0.25, 0.3) is 0 Å². The zero-order valence-electron chi connectivity index (χ0n) is 10.5. The molecule has 94 valence electrons. The summed E-state index contributed by atoms with van der Waals surface area (Å²) in [5, 5.41) is 3.30. The van der Waals surface area contributed by atoms with Crippen LogP contribution in [0, 0.1) is 5.92 Å². The fourth-order valence-electron chi connectivity index (χ4n) is 2.03. The summed E-state index contributed by atoms with van der Waals surface area (Å²) in [5.74, 6) is 1.34. The first-order valence-electron chi connectivity index (χ1n) is 6.19. The van der Waals surface area contributed by atoms with Gasteiger partial charge in [0.2, 0.25) is 0 Å². The van der Waals surface area contributed by atoms with Gasteiger partial charge in [-0.25, -0.2) is 4.39 Å². The summed E-state index contributed by atoms with van der Waals surface area (Å²) in [4.78, 5) is 0. The van der Waals surface area contributed by atoms with E-state index in [0.29, 0.717) is 18.1 Å². The van der Waals surface area contributed by atoms with Gasteiger partial charge in [-0.05, 0) is 44.5 Å². The molecule has 1 N–H and O–H groups in total. The number of ether oxygens (including phenoxy) is 1. The molecule has 0 spiro atoms. The lowest BCUT2D eigenvalue weighted by Gasteiger charge is -2.16. The molecule has 2 rings (SSSR count). The minimum absolute atomic E-state index is 0.581. The number of alkyl halides is 1. The highest BCUT2D eigenvalue weighted by Gasteiger charge is 2.19. The Hall–Kier alpha value is -1.09. The molecule has 0 aromatic heterocycles. The number of hydrogen-bond acceptors (Lipinski definition) is 2. The molecule has 1 atom stereocenters. The Kier molecular flexibility index (Phi) is 3.67. The second-order valence-corrected chi connectivity index (χ2v) is 5.17. The zero-order chi connectivity index (χ0) is 12.3. The highest BCUT2D eigenvalue weighted by molar-refractivity contribution is 5.31. The second-order valence-electron chi connectivity index (χ2n) is 5.17. The first-order chi connectivity index (χ1) is 8.05. The van der Waals surface area contributed by atoms with Crippen LogP contribution >= 0.6 is 0 Å². The number of nitrogens with one attached hydrogen (secondary N) is 1. The van der Waals surface area contributed by atoms with Gasteiger partial charge in [0.1, 0.15) is 11.4 Å². The van der Waals surface area contributed by atoms with E-state index >= 15 is 0 Å². The fourth-order valence-corrected chi connectivity index (χ4v) is 2.03. The highest BCUT2D eigenvalue weighted by Crippen LogP contribution is 2.27. The van der Waals surface area contributed by atoms with Gasteiger partial charge < -0.3 is 10.1 Å². The Morgan fingerprint density at radius 2 is 2.29 bits per heavy atom. The van der Waals surface area contributed by atoms with Crippen LogP contribution in [0.2, 0.25) is 0 Å². The molecular weight excluding hydrogens is 217 g/mol. The molecule has 0 bridgehead atoms. The Labute approximate surface area is 102 Å². The topological polar surface area (TPSA) is 21.3 Å². The predicted molar refractivity (Wildman–Crippen MR) is 67.0 cm³/mol. The summed E-state index contributed by atoms with van der Waals surface area (Å²) in [6, 6.07) is 7.32. The van der Waals surface area contributed by atoms with Crippen molar-refractivity contribution in [2.45, 2.75) is 25.9 Å². The molecule has 1 heterocycles. The maximum atomic E-state index is 13.8. The molecule has 0 amide bonds. The Balaban J connectivity index is 1.96. The average Bonchev–Trinajstić information content (AvgIpc) is 2.78. The standard InChI is InChI=1S/C14H20FNO/c1-14(2,15)12-4-3-5-13(8-12)17-10-11-6-7-16-9-11/h3-5,8,11,16H,6-7,9-10H2,1-2H3. The first kappa shape index (κ1) is 12.4. The largest absolute Gasteiger partial charge is 0.493 e. The second kappa shape index (κ2) is 5.05. The van der Waals surface area contributed by atoms with Gasteiger partial charge in [0, 0.05) is 12.5 Å². The van der Waals surface area contributed by atoms with Crippen LogP contribution in [0.1, 0.15) is 25.8 Å². The molecule has 1 unspecified atom stereocenters. The predicted octanol–water partition coefficient (Wildman–Crippen LogP) is 2.88. The van der Waals surface area contributed by atoms with Crippen molar-refractivity contribution in [3.05, 3.63) is 29.8 Å². The third-order valence-corrected chi connectivity index (χ3v) is 3.17. The van der Waals surface area contributed by atoms with Crippen LogP contribution in [-0.4, -0.2) is 19.7 Å². The molecule has 1 aromatic carbocycles. The van der Waals surface area contributed by atoms with Crippen LogP contribution in [0.5, 0.6) is 5.75 Å². The summed E-state index contributed by atoms with van der Waals surface area (Å²) in [7, 11) is 0. The van der Waals surface area contributed by atoms with Crippen LogP contribution in [0.25, 0.3) is 0 Å². The number of rotatable bonds is 4. The van der Waals surface area contributed by atoms with E-state index in [2.05, 4.69) is 5.32 Å². The van der Waals surface area contributed by atoms with Crippen LogP contribution < -0.4 is 10.1 Å². The van der Waals surface area contributed by atoms with Crippen LogP contribution in [0.3, 0.4) is 0 Å². The maximum absolute atomic E-state index is 13.8. The Bertz CT molecular complexity index is 367. The van der Waals surface area contributed by atoms with Gasteiger partial charge in [0.05, 0.1) is 6.61 Å². The van der Waals surface area contributed by atoms with Crippen molar-refractivity contribution in [3.8, 4) is 5.75 Å². The summed E-state index contributed by atoms with van der Waals surface area (Å²) >= 11 is 0. The monoisotopic (exact) mass is 237 g/mol. The zero-order valence-corrected chi connectivity index (χ0v) is 10.5. The van der Waals surface area contributed by atoms with Gasteiger partial charge in [-0.1, -0.05) is 12.1 Å². The van der Waals surface area contributed by atoms with Crippen molar-refractivity contribution in [3.63, 3.8) is 0 Å². The lowest BCUT2D eigenvalue weighted by molar-refractivity contribution is 0.218. The fraction of sp³-hybridized carbons (Fsp3) is 0.571. The van der Waals surface area contributed by atoms with Crippen LogP contribution in [-0.2, 0) is 5.67 Å². The number of hydrogen-bond donors (Lipinski definition) is 1. The van der Waals surface area contributed by atoms with E-state index in [1.807, 2.05) is 12.1 Å². The molecule has 0 radical (unpaired) electrons. The highest BCUT2D eigenvalue weighted by atomic mass is 19.1. The van der Waals surface area contributed by atoms with Crippen molar-refractivity contribution >= 4 is 0 Å². The smallest absolute Gasteiger partial charge is 0.130 e. The van der Waals surface area contributed by atoms with Crippen molar-refractivity contribution in [2.75, 3.05) is 19.7 Å². The van der Waals surface area contributed by atoms with Crippen molar-refractivity contribution in [1.82, 2.24) is 5.32 Å². The molecule has 1 aromatic rings. The molecule has 17 heavy (non-hydrogen) atoms. The molecule has 1 saturated heterocycles. The third kappa shape index (κ3) is 3.43. The van der Waals surface area contributed by atoms with Crippen LogP contribution in [0.4, 0.5) is 4.39 Å². The Morgan fingerprint density at radius 3 is 2.94 bits per heavy atom. The molecule has 1 aliphatic rings. The van der Waals surface area contributed by atoms with Gasteiger partial charge in [0.15, 0.2) is 0 Å². The molecule has 0 aliphatic carbocycles. The van der Waals surface area contributed by atoms with E-state index in [1.165, 1.54) is 0 Å². The molecule has 2 nitrogen and oxygen atoms in total. The summed E-state index contributed by atoms with van der Waals surface area (Å²) < 4.78 is 19.5. The Morgan fingerprint density at radius 1 is 1.47 bits per heavy atom. The number of halogens is 1. The van der Waals surface area contributed by atoms with Gasteiger partial charge in [-0.2, -0.15) is 0 Å². The maximum Gasteiger partial charge on any atom is 0.130 e. The molecule has 1 fully saturated rings. The minimum Gasteiger partial charge on any atom is -0.493 e. The van der Waals surface area contributed by atoms with E-state index in [9.17, 15) is 4.39 Å². The quantitative estimate of drug-likeness (QED) is 0.869. The van der Waals surface area contributed by atoms with Crippen LogP contribution in [0.15, 0.2) is 24.3 Å². The average molecular weight is 237 g/mol. The lowest BCUT2D eigenvalue weighted by atomic mass is 10.0. The van der Waals surface area contributed by atoms with Gasteiger partial charge in [-0.3, -0.25) is 0 Å². The summed E-state index contributed by atoms with van der Waals surface area (Å²) in [5.41, 5.74) is -0.645. The minimum atomic E-state index is -1.31. The van der Waals surface area contributed by atoms with Gasteiger partial charge in [-0.15, -0.1) is 0 Å². The molecular formula is C14H20FNO. The molecule has 3 heteroatoms. The van der Waals surface area contributed by atoms with E-state index in [0.717, 1.165) is 25.3 Å². The third-order valence-electron chi connectivity index (χ3n) is 3.17. The van der Waals surface area contributed by atoms with E-state index in [4.69, 9.17) is 4.74 Å². The lowest BCUT2D eigenvalue weighted by Crippen LogP contribution is -2.16. The van der Waals surface area contributed by atoms with E-state index in [1.54, 1.807) is 26.0 Å². The van der Waals surface area contributed by atoms with Crippen molar-refractivity contribution in [1.29, 1.82) is 0 Å². The van der Waals surface area contributed by atoms with Gasteiger partial charge >= 0.3 is 0 Å². The molecule has 0 saturated carbocycles. The normalized spacial score (nSPS) is 20.5.